The van der Waals surface area contributed by atoms with Crippen LogP contribution in [0.25, 0.3) is 0 Å². The number of esters is 1. The van der Waals surface area contributed by atoms with Gasteiger partial charge in [0.15, 0.2) is 5.78 Å². The van der Waals surface area contributed by atoms with Crippen LogP contribution in [0, 0.1) is 11.3 Å². The molecule has 0 aromatic heterocycles. The molecule has 0 aromatic carbocycles. The first kappa shape index (κ1) is 12.2. The Morgan fingerprint density at radius 3 is 2.47 bits per heavy atom. The van der Waals surface area contributed by atoms with Crippen LogP contribution in [0.3, 0.4) is 0 Å². The Bertz CT molecular complexity index is 261. The fourth-order valence-corrected chi connectivity index (χ4v) is 2.45. The van der Waals surface area contributed by atoms with E-state index in [2.05, 4.69) is 0 Å². The van der Waals surface area contributed by atoms with Crippen LogP contribution in [-0.4, -0.2) is 32.6 Å². The highest BCUT2D eigenvalue weighted by molar-refractivity contribution is 6.05. The number of carbonyl (C=O) groups excluding carboxylic acids is 2. The van der Waals surface area contributed by atoms with Crippen LogP contribution in [-0.2, 0) is 19.1 Å². The number of ketones is 1. The molecule has 2 atom stereocenters. The zero-order valence-electron chi connectivity index (χ0n) is 9.54. The van der Waals surface area contributed by atoms with Gasteiger partial charge in [-0.2, -0.15) is 0 Å². The van der Waals surface area contributed by atoms with Gasteiger partial charge >= 0.3 is 5.97 Å². The number of hydrogen-bond acceptors (Lipinski definition) is 4. The molecule has 0 radical (unpaired) electrons. The lowest BCUT2D eigenvalue weighted by molar-refractivity contribution is -0.161. The van der Waals surface area contributed by atoms with Gasteiger partial charge in [0.1, 0.15) is 12.0 Å². The van der Waals surface area contributed by atoms with E-state index in [0.29, 0.717) is 6.42 Å². The highest BCUT2D eigenvalue weighted by atomic mass is 16.5. The van der Waals surface area contributed by atoms with E-state index in [-0.39, 0.29) is 18.3 Å². The Labute approximate surface area is 89.9 Å². The molecule has 0 aromatic rings. The topological polar surface area (TPSA) is 52.6 Å². The van der Waals surface area contributed by atoms with E-state index in [1.807, 2.05) is 6.92 Å². The molecular weight excluding hydrogens is 196 g/mol. The number of methoxy groups -OCH3 is 2. The van der Waals surface area contributed by atoms with Crippen LogP contribution in [0.15, 0.2) is 0 Å². The molecule has 86 valence electrons. The number of rotatable bonds is 4. The Hall–Kier alpha value is -0.900. The van der Waals surface area contributed by atoms with Gasteiger partial charge in [-0.05, 0) is 18.8 Å². The van der Waals surface area contributed by atoms with Gasteiger partial charge in [0.25, 0.3) is 0 Å². The van der Waals surface area contributed by atoms with Crippen LogP contribution < -0.4 is 0 Å². The molecule has 4 nitrogen and oxygen atoms in total. The summed E-state index contributed by atoms with van der Waals surface area (Å²) in [7, 11) is 2.79. The summed E-state index contributed by atoms with van der Waals surface area (Å²) in [5.41, 5.74) is -0.954. The summed E-state index contributed by atoms with van der Waals surface area (Å²) in [4.78, 5) is 23.7. The average Bonchev–Trinajstić information content (AvgIpc) is 2.60. The van der Waals surface area contributed by atoms with Gasteiger partial charge in [0, 0.05) is 7.11 Å². The molecule has 15 heavy (non-hydrogen) atoms. The van der Waals surface area contributed by atoms with Crippen molar-refractivity contribution in [2.75, 3.05) is 20.8 Å². The molecule has 0 bridgehead atoms. The molecule has 0 amide bonds. The monoisotopic (exact) mass is 214 g/mol. The molecule has 0 heterocycles. The lowest BCUT2D eigenvalue weighted by atomic mass is 9.75. The van der Waals surface area contributed by atoms with Crippen molar-refractivity contribution >= 4 is 11.8 Å². The Kier molecular flexibility index (Phi) is 3.85. The first-order valence-corrected chi connectivity index (χ1v) is 5.20. The molecule has 2 unspecified atom stereocenters. The summed E-state index contributed by atoms with van der Waals surface area (Å²) in [6.45, 7) is 1.91. The third-order valence-corrected chi connectivity index (χ3v) is 3.37. The molecule has 0 aliphatic heterocycles. The molecule has 1 saturated carbocycles. The molecule has 0 N–H and O–H groups in total. The molecule has 1 fully saturated rings. The lowest BCUT2D eigenvalue weighted by Crippen LogP contribution is -2.44. The molecule has 0 spiro atoms. The van der Waals surface area contributed by atoms with Gasteiger partial charge in [-0.3, -0.25) is 9.59 Å². The second-order valence-corrected chi connectivity index (χ2v) is 4.11. The van der Waals surface area contributed by atoms with Gasteiger partial charge < -0.3 is 9.47 Å². The first-order chi connectivity index (χ1) is 7.09. The van der Waals surface area contributed by atoms with E-state index in [4.69, 9.17) is 9.47 Å². The maximum Gasteiger partial charge on any atom is 0.319 e. The third-order valence-electron chi connectivity index (χ3n) is 3.37. The maximum atomic E-state index is 12.0. The highest BCUT2D eigenvalue weighted by Gasteiger charge is 2.53. The predicted molar refractivity (Wildman–Crippen MR) is 54.3 cm³/mol. The second kappa shape index (κ2) is 4.75. The largest absolute Gasteiger partial charge is 0.468 e. The summed E-state index contributed by atoms with van der Waals surface area (Å²) in [5, 5.41) is 0. The van der Waals surface area contributed by atoms with Gasteiger partial charge in [-0.15, -0.1) is 0 Å². The van der Waals surface area contributed by atoms with Crippen molar-refractivity contribution < 1.29 is 19.1 Å². The first-order valence-electron chi connectivity index (χ1n) is 5.20. The molecule has 0 saturated heterocycles. The van der Waals surface area contributed by atoms with Crippen molar-refractivity contribution in [3.8, 4) is 0 Å². The van der Waals surface area contributed by atoms with Crippen molar-refractivity contribution in [2.45, 2.75) is 26.2 Å². The average molecular weight is 214 g/mol. The van der Waals surface area contributed by atoms with Crippen LogP contribution in [0.2, 0.25) is 0 Å². The van der Waals surface area contributed by atoms with E-state index in [0.717, 1.165) is 12.8 Å². The van der Waals surface area contributed by atoms with Crippen LogP contribution >= 0.6 is 0 Å². The van der Waals surface area contributed by atoms with E-state index in [1.165, 1.54) is 14.2 Å². The van der Waals surface area contributed by atoms with Crippen molar-refractivity contribution in [3.05, 3.63) is 0 Å². The summed E-state index contributed by atoms with van der Waals surface area (Å²) in [5.74, 6) is -0.510. The molecule has 4 heteroatoms. The zero-order valence-corrected chi connectivity index (χ0v) is 9.54. The minimum atomic E-state index is -0.954. The normalized spacial score (nSPS) is 30.2. The van der Waals surface area contributed by atoms with Gasteiger partial charge in [0.05, 0.1) is 7.11 Å². The minimum Gasteiger partial charge on any atom is -0.468 e. The molecule has 1 aliphatic carbocycles. The second-order valence-electron chi connectivity index (χ2n) is 4.11. The Balaban J connectivity index is 2.96. The third kappa shape index (κ3) is 1.91. The standard InChI is InChI=1S/C11H18O4/c1-8-5-4-6-11(8,10(13)15-3)9(12)7-14-2/h8H,4-7H2,1-3H3. The number of hydrogen-bond donors (Lipinski definition) is 0. The van der Waals surface area contributed by atoms with E-state index >= 15 is 0 Å². The molecular formula is C11H18O4. The van der Waals surface area contributed by atoms with E-state index in [9.17, 15) is 9.59 Å². The van der Waals surface area contributed by atoms with Crippen molar-refractivity contribution in [1.82, 2.24) is 0 Å². The maximum absolute atomic E-state index is 12.0. The molecule has 1 aliphatic rings. The van der Waals surface area contributed by atoms with E-state index in [1.54, 1.807) is 0 Å². The van der Waals surface area contributed by atoms with Gasteiger partial charge in [-0.1, -0.05) is 13.3 Å². The van der Waals surface area contributed by atoms with Crippen molar-refractivity contribution in [2.24, 2.45) is 11.3 Å². The lowest BCUT2D eigenvalue weighted by Gasteiger charge is -2.28. The van der Waals surface area contributed by atoms with Crippen LogP contribution in [0.4, 0.5) is 0 Å². The summed E-state index contributed by atoms with van der Waals surface area (Å²) < 4.78 is 9.59. The number of carbonyl (C=O) groups is 2. The minimum absolute atomic E-state index is 0.0144. The zero-order chi connectivity index (χ0) is 11.5. The van der Waals surface area contributed by atoms with E-state index < -0.39 is 11.4 Å². The highest BCUT2D eigenvalue weighted by Crippen LogP contribution is 2.44. The van der Waals surface area contributed by atoms with Crippen molar-refractivity contribution in [3.63, 3.8) is 0 Å². The molecule has 1 rings (SSSR count). The SMILES string of the molecule is COCC(=O)C1(C(=O)OC)CCCC1C. The smallest absolute Gasteiger partial charge is 0.319 e. The van der Waals surface area contributed by atoms with Crippen LogP contribution in [0.5, 0.6) is 0 Å². The summed E-state index contributed by atoms with van der Waals surface area (Å²) >= 11 is 0. The summed E-state index contributed by atoms with van der Waals surface area (Å²) in [6, 6.07) is 0. The number of ether oxygens (including phenoxy) is 2. The number of Topliss-reactive ketones (excluding diaryl/α,β-unsaturated/α-hetero) is 1. The predicted octanol–water partition coefficient (Wildman–Crippen LogP) is 1.18. The van der Waals surface area contributed by atoms with Crippen molar-refractivity contribution in [1.29, 1.82) is 0 Å². The van der Waals surface area contributed by atoms with Gasteiger partial charge in [-0.25, -0.2) is 0 Å². The summed E-state index contributed by atoms with van der Waals surface area (Å²) in [6.07, 6.45) is 2.37. The fraction of sp³-hybridized carbons (Fsp3) is 0.818. The fourth-order valence-electron chi connectivity index (χ4n) is 2.45. The van der Waals surface area contributed by atoms with Crippen LogP contribution in [0.1, 0.15) is 26.2 Å². The van der Waals surface area contributed by atoms with Gasteiger partial charge in [0.2, 0.25) is 0 Å². The quantitative estimate of drug-likeness (QED) is 0.521. The Morgan fingerprint density at radius 2 is 2.07 bits per heavy atom. The Morgan fingerprint density at radius 1 is 1.40 bits per heavy atom.